The molecular formula is C16H16ClN5O2. The molecule has 0 spiro atoms. The van der Waals surface area contributed by atoms with E-state index in [4.69, 9.17) is 11.6 Å². The lowest BCUT2D eigenvalue weighted by Gasteiger charge is -2.10. The van der Waals surface area contributed by atoms with Crippen molar-refractivity contribution < 1.29 is 4.92 Å². The summed E-state index contributed by atoms with van der Waals surface area (Å²) in [5, 5.41) is 15.8. The zero-order valence-electron chi connectivity index (χ0n) is 12.9. The van der Waals surface area contributed by atoms with Crippen LogP contribution in [0.2, 0.25) is 5.02 Å². The fourth-order valence-corrected chi connectivity index (χ4v) is 2.80. The molecule has 8 heteroatoms. The van der Waals surface area contributed by atoms with Crippen molar-refractivity contribution in [2.45, 2.75) is 19.4 Å². The van der Waals surface area contributed by atoms with Gasteiger partial charge < -0.3 is 15.4 Å². The van der Waals surface area contributed by atoms with Crippen molar-refractivity contribution in [1.82, 2.24) is 14.5 Å². The van der Waals surface area contributed by atoms with Gasteiger partial charge in [0.15, 0.2) is 0 Å². The molecule has 1 aromatic carbocycles. The van der Waals surface area contributed by atoms with Crippen LogP contribution in [0.4, 0.5) is 11.6 Å². The van der Waals surface area contributed by atoms with E-state index in [0.717, 1.165) is 36.0 Å². The number of unbranched alkanes of at least 4 members (excludes halogenated alkanes) is 1. The van der Waals surface area contributed by atoms with Crippen molar-refractivity contribution in [2.75, 3.05) is 11.9 Å². The van der Waals surface area contributed by atoms with Crippen LogP contribution in [0.25, 0.3) is 10.9 Å². The minimum absolute atomic E-state index is 0.113. The Hall–Kier alpha value is -2.67. The zero-order chi connectivity index (χ0) is 16.9. The lowest BCUT2D eigenvalue weighted by atomic mass is 10.2. The van der Waals surface area contributed by atoms with Crippen LogP contribution in [0, 0.1) is 10.1 Å². The van der Waals surface area contributed by atoms with Crippen LogP contribution < -0.4 is 5.32 Å². The predicted octanol–water partition coefficient (Wildman–Crippen LogP) is 3.89. The summed E-state index contributed by atoms with van der Waals surface area (Å²) in [5.41, 5.74) is 1.76. The number of pyridine rings is 1. The van der Waals surface area contributed by atoms with Crippen LogP contribution in [0.3, 0.4) is 0 Å². The fourth-order valence-electron chi connectivity index (χ4n) is 2.57. The molecule has 0 aliphatic rings. The van der Waals surface area contributed by atoms with Gasteiger partial charge in [-0.05, 0) is 29.9 Å². The Morgan fingerprint density at radius 2 is 2.08 bits per heavy atom. The van der Waals surface area contributed by atoms with E-state index in [1.54, 1.807) is 17.0 Å². The van der Waals surface area contributed by atoms with Crippen LogP contribution in [0.15, 0.2) is 42.9 Å². The molecule has 2 heterocycles. The number of imidazole rings is 1. The molecule has 3 rings (SSSR count). The van der Waals surface area contributed by atoms with Crippen LogP contribution in [-0.2, 0) is 6.54 Å². The number of hydrogen-bond acceptors (Lipinski definition) is 5. The lowest BCUT2D eigenvalue weighted by molar-refractivity contribution is -0.396. The lowest BCUT2D eigenvalue weighted by Crippen LogP contribution is -2.06. The Morgan fingerprint density at radius 1 is 1.21 bits per heavy atom. The Morgan fingerprint density at radius 3 is 2.92 bits per heavy atom. The number of rotatable bonds is 7. The predicted molar refractivity (Wildman–Crippen MR) is 93.4 cm³/mol. The van der Waals surface area contributed by atoms with E-state index in [1.807, 2.05) is 24.3 Å². The van der Waals surface area contributed by atoms with E-state index >= 15 is 0 Å². The summed E-state index contributed by atoms with van der Waals surface area (Å²) >= 11 is 6.16. The van der Waals surface area contributed by atoms with Gasteiger partial charge in [0.05, 0.1) is 17.1 Å². The Labute approximate surface area is 143 Å². The van der Waals surface area contributed by atoms with E-state index in [-0.39, 0.29) is 5.95 Å². The van der Waals surface area contributed by atoms with E-state index in [2.05, 4.69) is 15.3 Å². The van der Waals surface area contributed by atoms with Gasteiger partial charge >= 0.3 is 5.95 Å². The van der Waals surface area contributed by atoms with Crippen molar-refractivity contribution in [2.24, 2.45) is 0 Å². The Kier molecular flexibility index (Phi) is 4.90. The highest BCUT2D eigenvalue weighted by molar-refractivity contribution is 6.35. The highest BCUT2D eigenvalue weighted by atomic mass is 35.5. The van der Waals surface area contributed by atoms with Gasteiger partial charge in [0.25, 0.3) is 0 Å². The molecule has 1 N–H and O–H groups in total. The number of aromatic nitrogens is 3. The summed E-state index contributed by atoms with van der Waals surface area (Å²) in [5.74, 6) is -0.113. The fraction of sp³-hybridized carbons (Fsp3) is 0.250. The van der Waals surface area contributed by atoms with Crippen molar-refractivity contribution in [3.63, 3.8) is 0 Å². The van der Waals surface area contributed by atoms with Gasteiger partial charge in [0.1, 0.15) is 12.4 Å². The average Bonchev–Trinajstić information content (AvgIpc) is 3.04. The number of para-hydroxylation sites is 1. The summed E-state index contributed by atoms with van der Waals surface area (Å²) in [7, 11) is 0. The number of nitrogens with zero attached hydrogens (tertiary/aromatic N) is 4. The molecule has 0 fully saturated rings. The number of hydrogen-bond donors (Lipinski definition) is 1. The third-order valence-corrected chi connectivity index (χ3v) is 4.02. The van der Waals surface area contributed by atoms with Crippen LogP contribution >= 0.6 is 11.6 Å². The molecule has 0 radical (unpaired) electrons. The molecule has 0 atom stereocenters. The standard InChI is InChI=1S/C16H16ClN5O2/c17-13-5-3-4-12-14(6-8-19-15(12)13)18-7-1-2-10-21-11-9-20-16(21)22(23)24/h3-6,8-9,11H,1-2,7,10H2,(H,18,19). The first-order valence-electron chi connectivity index (χ1n) is 7.59. The molecule has 0 saturated carbocycles. The highest BCUT2D eigenvalue weighted by Gasteiger charge is 2.12. The molecule has 0 bridgehead atoms. The maximum Gasteiger partial charge on any atom is 0.434 e. The number of nitrogens with one attached hydrogen (secondary N) is 1. The van der Waals surface area contributed by atoms with Gasteiger partial charge in [-0.15, -0.1) is 0 Å². The molecule has 0 aliphatic carbocycles. The minimum Gasteiger partial charge on any atom is -0.390 e. The van der Waals surface area contributed by atoms with Gasteiger partial charge in [-0.3, -0.25) is 4.98 Å². The molecule has 2 aromatic heterocycles. The van der Waals surface area contributed by atoms with Gasteiger partial charge in [-0.25, -0.2) is 4.57 Å². The quantitative estimate of drug-likeness (QED) is 0.399. The van der Waals surface area contributed by atoms with Crippen molar-refractivity contribution in [3.05, 3.63) is 58.0 Å². The molecule has 0 unspecified atom stereocenters. The first-order chi connectivity index (χ1) is 11.7. The first-order valence-corrected chi connectivity index (χ1v) is 7.97. The summed E-state index contributed by atoms with van der Waals surface area (Å²) in [4.78, 5) is 18.4. The van der Waals surface area contributed by atoms with Gasteiger partial charge in [0.2, 0.25) is 0 Å². The number of benzene rings is 1. The first kappa shape index (κ1) is 16.2. The van der Waals surface area contributed by atoms with Gasteiger partial charge in [-0.2, -0.15) is 0 Å². The third-order valence-electron chi connectivity index (χ3n) is 3.72. The van der Waals surface area contributed by atoms with Crippen LogP contribution in [0.5, 0.6) is 0 Å². The smallest absolute Gasteiger partial charge is 0.390 e. The maximum atomic E-state index is 10.8. The zero-order valence-corrected chi connectivity index (χ0v) is 13.6. The maximum absolute atomic E-state index is 10.8. The molecule has 7 nitrogen and oxygen atoms in total. The largest absolute Gasteiger partial charge is 0.434 e. The van der Waals surface area contributed by atoms with Crippen LogP contribution in [-0.4, -0.2) is 26.0 Å². The van der Waals surface area contributed by atoms with Gasteiger partial charge in [-0.1, -0.05) is 28.7 Å². The van der Waals surface area contributed by atoms with Gasteiger partial charge in [0, 0.05) is 23.8 Å². The summed E-state index contributed by atoms with van der Waals surface area (Å²) < 4.78 is 1.56. The molecule has 0 saturated heterocycles. The summed E-state index contributed by atoms with van der Waals surface area (Å²) in [6.45, 7) is 1.33. The van der Waals surface area contributed by atoms with Crippen molar-refractivity contribution >= 4 is 34.1 Å². The Balaban J connectivity index is 1.55. The third kappa shape index (κ3) is 3.46. The molecule has 24 heavy (non-hydrogen) atoms. The molecule has 124 valence electrons. The molecule has 0 amide bonds. The monoisotopic (exact) mass is 345 g/mol. The van der Waals surface area contributed by atoms with Crippen LogP contribution in [0.1, 0.15) is 12.8 Å². The van der Waals surface area contributed by atoms with E-state index in [0.29, 0.717) is 11.6 Å². The highest BCUT2D eigenvalue weighted by Crippen LogP contribution is 2.26. The normalized spacial score (nSPS) is 10.9. The summed E-state index contributed by atoms with van der Waals surface area (Å²) in [6, 6.07) is 7.61. The number of aryl methyl sites for hydroxylation is 1. The van der Waals surface area contributed by atoms with E-state index in [9.17, 15) is 10.1 Å². The molecule has 3 aromatic rings. The number of nitro groups is 1. The summed E-state index contributed by atoms with van der Waals surface area (Å²) in [6.07, 6.45) is 6.49. The molecular weight excluding hydrogens is 330 g/mol. The minimum atomic E-state index is -0.467. The second-order valence-electron chi connectivity index (χ2n) is 5.31. The average molecular weight is 346 g/mol. The van der Waals surface area contributed by atoms with E-state index in [1.165, 1.54) is 6.20 Å². The topological polar surface area (TPSA) is 85.9 Å². The van der Waals surface area contributed by atoms with Crippen molar-refractivity contribution in [3.8, 4) is 0 Å². The number of fused-ring (bicyclic) bond motifs is 1. The van der Waals surface area contributed by atoms with E-state index < -0.39 is 4.92 Å². The number of anilines is 1. The second-order valence-corrected chi connectivity index (χ2v) is 5.71. The number of halogens is 1. The molecule has 0 aliphatic heterocycles. The van der Waals surface area contributed by atoms with Crippen molar-refractivity contribution in [1.29, 1.82) is 0 Å². The Bertz CT molecular complexity index is 865. The SMILES string of the molecule is O=[N+]([O-])c1nccn1CCCCNc1ccnc2c(Cl)cccc12. The second kappa shape index (κ2) is 7.27.